The Morgan fingerprint density at radius 1 is 0.377 bits per heavy atom. The van der Waals surface area contributed by atoms with Crippen molar-refractivity contribution in [2.45, 2.75) is 19.3 Å². The van der Waals surface area contributed by atoms with E-state index in [1.807, 2.05) is 36.4 Å². The fourth-order valence-corrected chi connectivity index (χ4v) is 8.46. The minimum absolute atomic E-state index is 0.126. The van der Waals surface area contributed by atoms with Crippen molar-refractivity contribution < 1.29 is 9.47 Å². The molecule has 0 saturated carbocycles. The third-order valence-corrected chi connectivity index (χ3v) is 11.1. The van der Waals surface area contributed by atoms with Gasteiger partial charge in [0.25, 0.3) is 0 Å². The van der Waals surface area contributed by atoms with Crippen molar-refractivity contribution in [2.24, 2.45) is 0 Å². The number of ether oxygens (including phenoxy) is 2. The Bertz CT molecular complexity index is 2950. The van der Waals surface area contributed by atoms with Crippen molar-refractivity contribution in [1.82, 2.24) is 9.97 Å². The first-order chi connectivity index (χ1) is 26.0. The number of aromatic nitrogens is 2. The first-order valence-electron chi connectivity index (χ1n) is 18.1. The summed E-state index contributed by atoms with van der Waals surface area (Å²) in [5.74, 6) is 3.36. The highest BCUT2D eigenvalue weighted by Crippen LogP contribution is 2.55. The lowest BCUT2D eigenvalue weighted by Crippen LogP contribution is -2.15. The number of benzene rings is 8. The van der Waals surface area contributed by atoms with Crippen molar-refractivity contribution in [1.29, 1.82) is 0 Å². The zero-order valence-corrected chi connectivity index (χ0v) is 29.2. The number of rotatable bonds is 3. The molecule has 0 saturated heterocycles. The van der Waals surface area contributed by atoms with Gasteiger partial charge in [-0.05, 0) is 97.0 Å². The summed E-state index contributed by atoms with van der Waals surface area (Å²) >= 11 is 0. The van der Waals surface area contributed by atoms with Crippen LogP contribution in [0.5, 0.6) is 23.0 Å². The zero-order chi connectivity index (χ0) is 35.3. The van der Waals surface area contributed by atoms with E-state index in [1.165, 1.54) is 54.6 Å². The smallest absolute Gasteiger partial charge is 0.170 e. The maximum absolute atomic E-state index is 6.62. The van der Waals surface area contributed by atoms with E-state index in [4.69, 9.17) is 19.4 Å². The van der Waals surface area contributed by atoms with Crippen molar-refractivity contribution >= 4 is 32.3 Å². The van der Waals surface area contributed by atoms with Crippen LogP contribution in [0.25, 0.3) is 77.3 Å². The van der Waals surface area contributed by atoms with Gasteiger partial charge < -0.3 is 9.47 Å². The predicted molar refractivity (Wildman–Crippen MR) is 215 cm³/mol. The summed E-state index contributed by atoms with van der Waals surface area (Å²) in [4.78, 5) is 10.3. The fraction of sp³-hybridized carbons (Fsp3) is 0.0612. The highest BCUT2D eigenvalue weighted by atomic mass is 16.6. The van der Waals surface area contributed by atoms with E-state index in [0.717, 1.165) is 33.8 Å². The minimum Gasteiger partial charge on any atom is -0.450 e. The van der Waals surface area contributed by atoms with E-state index in [2.05, 4.69) is 135 Å². The Morgan fingerprint density at radius 3 is 1.70 bits per heavy atom. The molecule has 4 heteroatoms. The van der Waals surface area contributed by atoms with Gasteiger partial charge in [-0.1, -0.05) is 129 Å². The van der Waals surface area contributed by atoms with E-state index < -0.39 is 0 Å². The van der Waals surface area contributed by atoms with Crippen LogP contribution >= 0.6 is 0 Å². The molecule has 0 N–H and O–H groups in total. The first kappa shape index (κ1) is 29.9. The minimum atomic E-state index is -0.126. The second-order valence-electron chi connectivity index (χ2n) is 14.6. The van der Waals surface area contributed by atoms with Crippen molar-refractivity contribution in [3.05, 3.63) is 169 Å². The van der Waals surface area contributed by atoms with Gasteiger partial charge in [-0.2, -0.15) is 0 Å². The molecule has 0 fully saturated rings. The topological polar surface area (TPSA) is 44.2 Å². The average molecular weight is 681 g/mol. The van der Waals surface area contributed by atoms with E-state index in [1.54, 1.807) is 0 Å². The maximum Gasteiger partial charge on any atom is 0.170 e. The van der Waals surface area contributed by atoms with Crippen LogP contribution in [0.3, 0.4) is 0 Å². The summed E-state index contributed by atoms with van der Waals surface area (Å²) < 4.78 is 13.1. The molecule has 11 rings (SSSR count). The SMILES string of the molecule is CC1(C)c2ccccc2-c2cc3c(cc21)Oc1ccc(-c2nc(-c4ccccc4)cc(-c4ccc5c6ccccc6c6ccccc6c5c4)n2)cc1O3. The van der Waals surface area contributed by atoms with Crippen LogP contribution in [0.15, 0.2) is 158 Å². The molecule has 1 aliphatic heterocycles. The predicted octanol–water partition coefficient (Wildman–Crippen LogP) is 13.1. The zero-order valence-electron chi connectivity index (χ0n) is 29.2. The molecule has 0 spiro atoms. The van der Waals surface area contributed by atoms with Crippen molar-refractivity contribution in [3.63, 3.8) is 0 Å². The van der Waals surface area contributed by atoms with Crippen LogP contribution < -0.4 is 9.47 Å². The van der Waals surface area contributed by atoms with E-state index in [0.29, 0.717) is 23.1 Å². The molecule has 2 aliphatic rings. The molecule has 1 aliphatic carbocycles. The largest absolute Gasteiger partial charge is 0.450 e. The number of hydrogen-bond acceptors (Lipinski definition) is 4. The molecule has 4 nitrogen and oxygen atoms in total. The Labute approximate surface area is 307 Å². The molecule has 0 unspecified atom stereocenters. The molecule has 1 aromatic heterocycles. The van der Waals surface area contributed by atoms with E-state index >= 15 is 0 Å². The molecule has 0 atom stereocenters. The Kier molecular flexibility index (Phi) is 6.27. The highest BCUT2D eigenvalue weighted by Gasteiger charge is 2.37. The Hall–Kier alpha value is -6.78. The summed E-state index contributed by atoms with van der Waals surface area (Å²) in [7, 11) is 0. The molecule has 0 radical (unpaired) electrons. The Morgan fingerprint density at radius 2 is 0.943 bits per heavy atom. The average Bonchev–Trinajstić information content (AvgIpc) is 3.44. The lowest BCUT2D eigenvalue weighted by atomic mass is 9.82. The van der Waals surface area contributed by atoms with Gasteiger partial charge in [0.2, 0.25) is 0 Å². The van der Waals surface area contributed by atoms with Crippen LogP contribution in [-0.4, -0.2) is 9.97 Å². The van der Waals surface area contributed by atoms with Gasteiger partial charge in [-0.15, -0.1) is 0 Å². The fourth-order valence-electron chi connectivity index (χ4n) is 8.46. The van der Waals surface area contributed by atoms with Gasteiger partial charge >= 0.3 is 0 Å². The van der Waals surface area contributed by atoms with Crippen LogP contribution in [0, 0.1) is 0 Å². The molecule has 0 amide bonds. The van der Waals surface area contributed by atoms with E-state index in [9.17, 15) is 0 Å². The van der Waals surface area contributed by atoms with Gasteiger partial charge in [0.1, 0.15) is 0 Å². The molecular weight excluding hydrogens is 649 g/mol. The third kappa shape index (κ3) is 4.55. The summed E-state index contributed by atoms with van der Waals surface area (Å²) in [6.45, 7) is 4.54. The van der Waals surface area contributed by atoms with Crippen LogP contribution in [0.1, 0.15) is 25.0 Å². The molecule has 2 heterocycles. The number of hydrogen-bond donors (Lipinski definition) is 0. The second kappa shape index (κ2) is 11.1. The molecule has 9 aromatic rings. The van der Waals surface area contributed by atoms with Gasteiger partial charge in [0, 0.05) is 22.1 Å². The summed E-state index contributed by atoms with van der Waals surface area (Å²) in [5.41, 5.74) is 9.47. The number of fused-ring (bicyclic) bond motifs is 11. The third-order valence-electron chi connectivity index (χ3n) is 11.1. The summed E-state index contributed by atoms with van der Waals surface area (Å²) in [6, 6.07) is 55.3. The lowest BCUT2D eigenvalue weighted by Gasteiger charge is -2.25. The molecular formula is C49H32N2O2. The van der Waals surface area contributed by atoms with Crippen molar-refractivity contribution in [2.75, 3.05) is 0 Å². The molecule has 250 valence electrons. The van der Waals surface area contributed by atoms with Gasteiger partial charge in [-0.3, -0.25) is 0 Å². The molecule has 0 bridgehead atoms. The van der Waals surface area contributed by atoms with Gasteiger partial charge in [-0.25, -0.2) is 9.97 Å². The van der Waals surface area contributed by atoms with Crippen LogP contribution in [-0.2, 0) is 5.41 Å². The van der Waals surface area contributed by atoms with Gasteiger partial charge in [0.15, 0.2) is 28.8 Å². The summed E-state index contributed by atoms with van der Waals surface area (Å²) in [5, 5.41) is 7.41. The molecule has 53 heavy (non-hydrogen) atoms. The van der Waals surface area contributed by atoms with Crippen LogP contribution in [0.2, 0.25) is 0 Å². The summed E-state index contributed by atoms with van der Waals surface area (Å²) in [6.07, 6.45) is 0. The van der Waals surface area contributed by atoms with Crippen LogP contribution in [0.4, 0.5) is 0 Å². The normalized spacial score (nSPS) is 13.5. The number of nitrogens with zero attached hydrogens (tertiary/aromatic N) is 2. The monoisotopic (exact) mass is 680 g/mol. The van der Waals surface area contributed by atoms with E-state index in [-0.39, 0.29) is 5.41 Å². The first-order valence-corrected chi connectivity index (χ1v) is 18.1. The highest BCUT2D eigenvalue weighted by molar-refractivity contribution is 6.25. The second-order valence-corrected chi connectivity index (χ2v) is 14.6. The Balaban J connectivity index is 1.04. The quantitative estimate of drug-likeness (QED) is 0.174. The molecule has 8 aromatic carbocycles. The van der Waals surface area contributed by atoms with Gasteiger partial charge in [0.05, 0.1) is 11.4 Å². The lowest BCUT2D eigenvalue weighted by molar-refractivity contribution is 0.359. The van der Waals surface area contributed by atoms with Crippen molar-refractivity contribution in [3.8, 4) is 68.0 Å². The standard InChI is InChI=1S/C49H32N2O2/c1-49(2)40-19-11-10-18-37(40)39-26-46-47(27-41(39)49)52-44-23-21-31(25-45(44)53-46)48-50-42(29-12-4-3-5-13-29)28-43(51-48)30-20-22-36-34-16-7-6-14-32(34)33-15-8-9-17-35(33)38(36)24-30/h3-28H,1-2H3. The maximum atomic E-state index is 6.62.